The Kier molecular flexibility index (Phi) is 10.5. The van der Waals surface area contributed by atoms with Gasteiger partial charge in [-0.25, -0.2) is 9.98 Å². The van der Waals surface area contributed by atoms with Crippen LogP contribution in [0.15, 0.2) is 28.6 Å². The van der Waals surface area contributed by atoms with E-state index in [4.69, 9.17) is 9.47 Å². The van der Waals surface area contributed by atoms with Crippen molar-refractivity contribution in [3.63, 3.8) is 0 Å². The topological polar surface area (TPSA) is 67.8 Å². The standard InChI is InChI=1S/C19H28N4O2S.HI/c1-6-20-19(22-11-18-23-15(12-26-18)13(2)3)21-10-14-7-8-16(24-4)17(9-14)25-5;/h7-9,12-13H,6,10-11H2,1-5H3,(H2,20,21,22);1H. The van der Waals surface area contributed by atoms with Gasteiger partial charge in [0.2, 0.25) is 0 Å². The molecule has 1 aromatic heterocycles. The van der Waals surface area contributed by atoms with Gasteiger partial charge in [0.05, 0.1) is 33.0 Å². The molecule has 0 radical (unpaired) electrons. The third-order valence-corrected chi connectivity index (χ3v) is 4.65. The average molecular weight is 504 g/mol. The van der Waals surface area contributed by atoms with Gasteiger partial charge in [-0.3, -0.25) is 0 Å². The van der Waals surface area contributed by atoms with Gasteiger partial charge in [0.15, 0.2) is 17.5 Å². The number of nitrogens with one attached hydrogen (secondary N) is 2. The van der Waals surface area contributed by atoms with E-state index in [1.807, 2.05) is 25.1 Å². The third kappa shape index (κ3) is 7.17. The zero-order valence-corrected chi connectivity index (χ0v) is 19.7. The SMILES string of the molecule is CCNC(=NCc1ccc(OC)c(OC)c1)NCc1nc(C(C)C)cs1.I. The van der Waals surface area contributed by atoms with Crippen molar-refractivity contribution in [1.29, 1.82) is 0 Å². The molecule has 150 valence electrons. The van der Waals surface area contributed by atoms with Crippen LogP contribution in [0.1, 0.15) is 43.0 Å². The van der Waals surface area contributed by atoms with E-state index >= 15 is 0 Å². The highest BCUT2D eigenvalue weighted by molar-refractivity contribution is 14.0. The lowest BCUT2D eigenvalue weighted by Gasteiger charge is -2.11. The maximum Gasteiger partial charge on any atom is 0.191 e. The van der Waals surface area contributed by atoms with E-state index in [1.165, 1.54) is 0 Å². The molecule has 0 aliphatic rings. The summed E-state index contributed by atoms with van der Waals surface area (Å²) < 4.78 is 10.6. The second-order valence-corrected chi connectivity index (χ2v) is 7.00. The van der Waals surface area contributed by atoms with Crippen LogP contribution in [0.3, 0.4) is 0 Å². The van der Waals surface area contributed by atoms with Crippen LogP contribution >= 0.6 is 35.3 Å². The van der Waals surface area contributed by atoms with Gasteiger partial charge >= 0.3 is 0 Å². The number of guanidine groups is 1. The molecule has 0 unspecified atom stereocenters. The Morgan fingerprint density at radius 1 is 1.19 bits per heavy atom. The van der Waals surface area contributed by atoms with Gasteiger partial charge in [-0.15, -0.1) is 35.3 Å². The van der Waals surface area contributed by atoms with Crippen molar-refractivity contribution in [3.05, 3.63) is 39.8 Å². The molecule has 2 rings (SSSR count). The molecule has 1 heterocycles. The van der Waals surface area contributed by atoms with Gasteiger partial charge in [-0.2, -0.15) is 0 Å². The van der Waals surface area contributed by atoms with Gasteiger partial charge < -0.3 is 20.1 Å². The molecule has 27 heavy (non-hydrogen) atoms. The van der Waals surface area contributed by atoms with Gasteiger partial charge in [0, 0.05) is 11.9 Å². The number of aliphatic imine (C=N–C) groups is 1. The first-order valence-electron chi connectivity index (χ1n) is 8.74. The second kappa shape index (κ2) is 12.0. The summed E-state index contributed by atoms with van der Waals surface area (Å²) in [5.74, 6) is 2.65. The molecule has 0 amide bonds. The number of rotatable bonds is 8. The molecule has 0 aliphatic heterocycles. The normalized spacial score (nSPS) is 11.1. The number of thiazole rings is 1. The maximum absolute atomic E-state index is 5.35. The van der Waals surface area contributed by atoms with E-state index in [2.05, 4.69) is 39.8 Å². The zero-order valence-electron chi connectivity index (χ0n) is 16.5. The lowest BCUT2D eigenvalue weighted by Crippen LogP contribution is -2.36. The van der Waals surface area contributed by atoms with Crippen LogP contribution < -0.4 is 20.1 Å². The van der Waals surface area contributed by atoms with E-state index in [0.29, 0.717) is 24.8 Å². The monoisotopic (exact) mass is 504 g/mol. The lowest BCUT2D eigenvalue weighted by molar-refractivity contribution is 0.354. The minimum absolute atomic E-state index is 0. The van der Waals surface area contributed by atoms with Gasteiger partial charge in [0.25, 0.3) is 0 Å². The van der Waals surface area contributed by atoms with Crippen LogP contribution in [0.2, 0.25) is 0 Å². The molecule has 0 spiro atoms. The molecule has 0 bridgehead atoms. The first-order chi connectivity index (χ1) is 12.6. The van der Waals surface area contributed by atoms with Crippen molar-refractivity contribution in [2.24, 2.45) is 4.99 Å². The van der Waals surface area contributed by atoms with Crippen LogP contribution in [0, 0.1) is 0 Å². The Bertz CT molecular complexity index is 734. The highest BCUT2D eigenvalue weighted by Crippen LogP contribution is 2.27. The highest BCUT2D eigenvalue weighted by atomic mass is 127. The van der Waals surface area contributed by atoms with Crippen LogP contribution in [-0.4, -0.2) is 31.7 Å². The van der Waals surface area contributed by atoms with E-state index in [9.17, 15) is 0 Å². The molecule has 0 atom stereocenters. The molecule has 6 nitrogen and oxygen atoms in total. The zero-order chi connectivity index (χ0) is 18.9. The first kappa shape index (κ1) is 23.5. The second-order valence-electron chi connectivity index (χ2n) is 6.06. The molecule has 8 heteroatoms. The molecule has 1 aromatic carbocycles. The van der Waals surface area contributed by atoms with E-state index in [0.717, 1.165) is 34.5 Å². The third-order valence-electron chi connectivity index (χ3n) is 3.78. The summed E-state index contributed by atoms with van der Waals surface area (Å²) in [6, 6.07) is 5.83. The number of hydrogen-bond acceptors (Lipinski definition) is 5. The van der Waals surface area contributed by atoms with Crippen molar-refractivity contribution in [3.8, 4) is 11.5 Å². The number of halogens is 1. The molecule has 0 saturated heterocycles. The molecule has 0 fully saturated rings. The van der Waals surface area contributed by atoms with E-state index in [-0.39, 0.29) is 24.0 Å². The van der Waals surface area contributed by atoms with Gasteiger partial charge in [-0.1, -0.05) is 19.9 Å². The Hall–Kier alpha value is -1.55. The number of methoxy groups -OCH3 is 2. The smallest absolute Gasteiger partial charge is 0.191 e. The fourth-order valence-electron chi connectivity index (χ4n) is 2.32. The van der Waals surface area contributed by atoms with E-state index < -0.39 is 0 Å². The van der Waals surface area contributed by atoms with Crippen LogP contribution in [0.25, 0.3) is 0 Å². The fraction of sp³-hybridized carbons (Fsp3) is 0.474. The minimum atomic E-state index is 0. The van der Waals surface area contributed by atoms with E-state index in [1.54, 1.807) is 25.6 Å². The van der Waals surface area contributed by atoms with Crippen molar-refractivity contribution < 1.29 is 9.47 Å². The van der Waals surface area contributed by atoms with Crippen molar-refractivity contribution >= 4 is 41.3 Å². The Morgan fingerprint density at radius 3 is 2.52 bits per heavy atom. The Morgan fingerprint density at radius 2 is 1.93 bits per heavy atom. The minimum Gasteiger partial charge on any atom is -0.493 e. The van der Waals surface area contributed by atoms with Crippen molar-refractivity contribution in [2.75, 3.05) is 20.8 Å². The molecule has 0 saturated carbocycles. The summed E-state index contributed by atoms with van der Waals surface area (Å²) in [5.41, 5.74) is 2.19. The number of ether oxygens (including phenoxy) is 2. The summed E-state index contributed by atoms with van der Waals surface area (Å²) in [6.07, 6.45) is 0. The van der Waals surface area contributed by atoms with Crippen LogP contribution in [0.4, 0.5) is 0 Å². The first-order valence-corrected chi connectivity index (χ1v) is 9.62. The molecular weight excluding hydrogens is 475 g/mol. The fourth-order valence-corrected chi connectivity index (χ4v) is 3.22. The summed E-state index contributed by atoms with van der Waals surface area (Å²) in [6.45, 7) is 8.36. The predicted molar refractivity (Wildman–Crippen MR) is 123 cm³/mol. The molecular formula is C19H29IN4O2S. The molecule has 2 N–H and O–H groups in total. The lowest BCUT2D eigenvalue weighted by atomic mass is 10.2. The summed E-state index contributed by atoms with van der Waals surface area (Å²) in [5, 5.41) is 9.79. The number of aromatic nitrogens is 1. The largest absolute Gasteiger partial charge is 0.493 e. The maximum atomic E-state index is 5.35. The Balaban J connectivity index is 0.00000364. The van der Waals surface area contributed by atoms with Gasteiger partial charge in [-0.05, 0) is 30.5 Å². The van der Waals surface area contributed by atoms with Crippen LogP contribution in [0.5, 0.6) is 11.5 Å². The summed E-state index contributed by atoms with van der Waals surface area (Å²) in [7, 11) is 3.27. The molecule has 0 aliphatic carbocycles. The number of nitrogens with zero attached hydrogens (tertiary/aromatic N) is 2. The summed E-state index contributed by atoms with van der Waals surface area (Å²) in [4.78, 5) is 9.29. The number of benzene rings is 1. The van der Waals surface area contributed by atoms with Gasteiger partial charge in [0.1, 0.15) is 5.01 Å². The predicted octanol–water partition coefficient (Wildman–Crippen LogP) is 4.16. The highest BCUT2D eigenvalue weighted by Gasteiger charge is 2.07. The van der Waals surface area contributed by atoms with Crippen molar-refractivity contribution in [1.82, 2.24) is 15.6 Å². The quantitative estimate of drug-likeness (QED) is 0.321. The van der Waals surface area contributed by atoms with Crippen molar-refractivity contribution in [2.45, 2.75) is 39.8 Å². The summed E-state index contributed by atoms with van der Waals surface area (Å²) >= 11 is 1.67. The average Bonchev–Trinajstić information content (AvgIpc) is 3.13. The Labute approximate surface area is 182 Å². The molecule has 2 aromatic rings. The van der Waals surface area contributed by atoms with Crippen LogP contribution in [-0.2, 0) is 13.1 Å². The number of hydrogen-bond donors (Lipinski definition) is 2.